The van der Waals surface area contributed by atoms with Crippen molar-refractivity contribution in [1.29, 1.82) is 0 Å². The maximum absolute atomic E-state index is 12.7. The molecule has 1 aliphatic rings. The summed E-state index contributed by atoms with van der Waals surface area (Å²) >= 11 is 0. The highest BCUT2D eigenvalue weighted by Gasteiger charge is 2.33. The van der Waals surface area contributed by atoms with Crippen molar-refractivity contribution in [1.82, 2.24) is 29.5 Å². The van der Waals surface area contributed by atoms with Gasteiger partial charge in [0.15, 0.2) is 11.6 Å². The van der Waals surface area contributed by atoms with Crippen LogP contribution in [0.2, 0.25) is 0 Å². The molecule has 20 heteroatoms. The first-order chi connectivity index (χ1) is 28.2. The smallest absolute Gasteiger partial charge is 0.434 e. The number of ether oxygens (including phenoxy) is 4. The highest BCUT2D eigenvalue weighted by Crippen LogP contribution is 2.32. The Kier molecular flexibility index (Phi) is 11.3. The summed E-state index contributed by atoms with van der Waals surface area (Å²) in [4.78, 5) is 47.5. The number of nitrogens with zero attached hydrogens (tertiary/aromatic N) is 7. The minimum Gasteiger partial charge on any atom is -0.434 e. The maximum atomic E-state index is 12.7. The molecule has 0 N–H and O–H groups in total. The van der Waals surface area contributed by atoms with Crippen molar-refractivity contribution in [2.75, 3.05) is 18.1 Å². The molecule has 0 aliphatic carbocycles. The fourth-order valence-corrected chi connectivity index (χ4v) is 5.97. The third-order valence-corrected chi connectivity index (χ3v) is 8.70. The Morgan fingerprint density at radius 3 is 1.59 bits per heavy atom. The van der Waals surface area contributed by atoms with Crippen LogP contribution in [0.15, 0.2) is 104 Å². The van der Waals surface area contributed by atoms with Gasteiger partial charge in [0, 0.05) is 36.8 Å². The van der Waals surface area contributed by atoms with Crippen LogP contribution in [0.3, 0.4) is 0 Å². The van der Waals surface area contributed by atoms with Crippen molar-refractivity contribution in [2.45, 2.75) is 38.4 Å². The second kappa shape index (κ2) is 16.7. The standard InChI is InChI=1S/C39H29F6N7O7/c40-38(41,42)58-30-11-7-28(8-12-30)50-22-46-35(48-50)26-3-1-24(2-4-26)17-19-56-37(55)57-20-18-25-5-6-27(21-32(25)52-33(53)15-16-34(52)54)36-47-23-51(49-36)29-9-13-31(14-10-29)59-39(43,44)45/h1-14,21-23H,15-20H2. The molecule has 1 aliphatic heterocycles. The summed E-state index contributed by atoms with van der Waals surface area (Å²) in [5, 5.41) is 8.78. The molecule has 14 nitrogen and oxygen atoms in total. The molecule has 2 aromatic heterocycles. The number of hydrogen-bond acceptors (Lipinski definition) is 11. The lowest BCUT2D eigenvalue weighted by molar-refractivity contribution is -0.275. The van der Waals surface area contributed by atoms with Crippen LogP contribution in [-0.4, -0.2) is 73.4 Å². The summed E-state index contributed by atoms with van der Waals surface area (Å²) < 4.78 is 96.0. The Morgan fingerprint density at radius 1 is 0.610 bits per heavy atom. The zero-order valence-corrected chi connectivity index (χ0v) is 30.3. The van der Waals surface area contributed by atoms with Crippen LogP contribution in [0, 0.1) is 0 Å². The molecule has 0 unspecified atom stereocenters. The van der Waals surface area contributed by atoms with E-state index in [4.69, 9.17) is 9.47 Å². The van der Waals surface area contributed by atoms with Gasteiger partial charge in [-0.05, 0) is 65.7 Å². The largest absolute Gasteiger partial charge is 0.573 e. The van der Waals surface area contributed by atoms with Gasteiger partial charge in [-0.3, -0.25) is 14.5 Å². The van der Waals surface area contributed by atoms with Crippen LogP contribution in [0.5, 0.6) is 11.5 Å². The van der Waals surface area contributed by atoms with Crippen LogP contribution in [-0.2, 0) is 31.9 Å². The van der Waals surface area contributed by atoms with Crippen molar-refractivity contribution in [2.24, 2.45) is 0 Å². The minimum atomic E-state index is -4.84. The molecule has 2 amide bonds. The molecule has 0 saturated carbocycles. The van der Waals surface area contributed by atoms with Crippen molar-refractivity contribution in [3.63, 3.8) is 0 Å². The lowest BCUT2D eigenvalue weighted by Gasteiger charge is -2.19. The molecule has 4 aromatic carbocycles. The number of rotatable bonds is 13. The average Bonchev–Trinajstić information content (AvgIpc) is 3.96. The average molecular weight is 822 g/mol. The predicted octanol–water partition coefficient (Wildman–Crippen LogP) is 7.57. The third kappa shape index (κ3) is 10.2. The number of benzene rings is 4. The van der Waals surface area contributed by atoms with Crippen LogP contribution in [0.4, 0.5) is 36.8 Å². The van der Waals surface area contributed by atoms with Gasteiger partial charge >= 0.3 is 18.9 Å². The summed E-state index contributed by atoms with van der Waals surface area (Å²) in [7, 11) is 0. The maximum Gasteiger partial charge on any atom is 0.573 e. The number of amides is 2. The molecular weight excluding hydrogens is 792 g/mol. The van der Waals surface area contributed by atoms with E-state index in [1.165, 1.54) is 58.4 Å². The Morgan fingerprint density at radius 2 is 1.08 bits per heavy atom. The Balaban J connectivity index is 0.918. The van der Waals surface area contributed by atoms with Gasteiger partial charge in [-0.1, -0.05) is 36.4 Å². The SMILES string of the molecule is O=C(OCCc1ccc(-c2ncn(-c3ccc(OC(F)(F)F)cc3)n2)cc1)OCCc1ccc(-c2ncn(-c3ccc(OC(F)(F)F)cc3)n2)cc1N1C(=O)CCC1=O. The highest BCUT2D eigenvalue weighted by molar-refractivity contribution is 6.20. The highest BCUT2D eigenvalue weighted by atomic mass is 19.4. The van der Waals surface area contributed by atoms with E-state index in [1.54, 1.807) is 42.5 Å². The summed E-state index contributed by atoms with van der Waals surface area (Å²) in [6.45, 7) is -0.136. The quantitative estimate of drug-likeness (QED) is 0.0644. The monoisotopic (exact) mass is 821 g/mol. The molecule has 1 saturated heterocycles. The van der Waals surface area contributed by atoms with Gasteiger partial charge in [0.25, 0.3) is 0 Å². The van der Waals surface area contributed by atoms with Gasteiger partial charge in [0.05, 0.1) is 30.3 Å². The summed E-state index contributed by atoms with van der Waals surface area (Å²) in [6, 6.07) is 22.2. The zero-order chi connectivity index (χ0) is 41.7. The number of hydrogen-bond donors (Lipinski definition) is 0. The number of carbonyl (C=O) groups is 3. The fourth-order valence-electron chi connectivity index (χ4n) is 5.97. The predicted molar refractivity (Wildman–Crippen MR) is 193 cm³/mol. The third-order valence-electron chi connectivity index (χ3n) is 8.70. The molecular formula is C39H29F6N7O7. The normalized spacial score (nSPS) is 13.2. The molecule has 304 valence electrons. The molecule has 0 spiro atoms. The number of halogens is 6. The summed E-state index contributed by atoms with van der Waals surface area (Å²) in [5.74, 6) is -0.982. The van der Waals surface area contributed by atoms with E-state index >= 15 is 0 Å². The van der Waals surface area contributed by atoms with E-state index in [0.29, 0.717) is 40.3 Å². The molecule has 7 rings (SSSR count). The van der Waals surface area contributed by atoms with Gasteiger partial charge in [-0.15, -0.1) is 36.5 Å². The summed E-state index contributed by atoms with van der Waals surface area (Å²) in [6.07, 6.45) is -7.24. The number of anilines is 1. The van der Waals surface area contributed by atoms with E-state index in [1.807, 2.05) is 0 Å². The number of alkyl halides is 6. The first kappa shape index (κ1) is 40.0. The van der Waals surface area contributed by atoms with E-state index in [0.717, 1.165) is 22.6 Å². The molecule has 3 heterocycles. The minimum absolute atomic E-state index is 0.000953. The van der Waals surface area contributed by atoms with E-state index < -0.39 is 36.4 Å². The van der Waals surface area contributed by atoms with Gasteiger partial charge in [-0.2, -0.15) is 0 Å². The first-order valence-electron chi connectivity index (χ1n) is 17.6. The second-order valence-corrected chi connectivity index (χ2v) is 12.7. The number of carbonyl (C=O) groups excluding carboxylic acids is 3. The summed E-state index contributed by atoms with van der Waals surface area (Å²) in [5.41, 5.74) is 3.62. The van der Waals surface area contributed by atoms with Crippen molar-refractivity contribution < 1.29 is 59.7 Å². The van der Waals surface area contributed by atoms with Crippen molar-refractivity contribution in [3.8, 4) is 45.6 Å². The molecule has 0 atom stereocenters. The van der Waals surface area contributed by atoms with E-state index in [9.17, 15) is 40.7 Å². The van der Waals surface area contributed by atoms with Gasteiger partial charge in [0.2, 0.25) is 11.8 Å². The molecule has 0 radical (unpaired) electrons. The zero-order valence-electron chi connectivity index (χ0n) is 30.3. The number of imide groups is 1. The molecule has 1 fully saturated rings. The van der Waals surface area contributed by atoms with Crippen molar-refractivity contribution in [3.05, 3.63) is 115 Å². The van der Waals surface area contributed by atoms with E-state index in [2.05, 4.69) is 29.6 Å². The van der Waals surface area contributed by atoms with Crippen LogP contribution < -0.4 is 14.4 Å². The van der Waals surface area contributed by atoms with Gasteiger partial charge in [-0.25, -0.2) is 24.1 Å². The molecule has 59 heavy (non-hydrogen) atoms. The van der Waals surface area contributed by atoms with Crippen LogP contribution in [0.1, 0.15) is 24.0 Å². The Labute approximate surface area is 329 Å². The van der Waals surface area contributed by atoms with E-state index in [-0.39, 0.29) is 49.7 Å². The van der Waals surface area contributed by atoms with Gasteiger partial charge < -0.3 is 18.9 Å². The fraction of sp³-hybridized carbons (Fsp3) is 0.205. The topological polar surface area (TPSA) is 153 Å². The van der Waals surface area contributed by atoms with Crippen LogP contribution in [0.25, 0.3) is 34.2 Å². The lowest BCUT2D eigenvalue weighted by atomic mass is 10.0. The van der Waals surface area contributed by atoms with Gasteiger partial charge in [0.1, 0.15) is 24.2 Å². The lowest BCUT2D eigenvalue weighted by Crippen LogP contribution is -2.29. The second-order valence-electron chi connectivity index (χ2n) is 12.7. The Bertz CT molecular complexity index is 2430. The Hall–Kier alpha value is -7.25. The van der Waals surface area contributed by atoms with Crippen molar-refractivity contribution >= 4 is 23.7 Å². The molecule has 6 aromatic rings. The van der Waals surface area contributed by atoms with Crippen LogP contribution >= 0.6 is 0 Å². The molecule has 0 bridgehead atoms. The first-order valence-corrected chi connectivity index (χ1v) is 17.6. The number of aromatic nitrogens is 6.